The average Bonchev–Trinajstić information content (AvgIpc) is 3.40. The van der Waals surface area contributed by atoms with Gasteiger partial charge in [-0.1, -0.05) is 80.1 Å². The summed E-state index contributed by atoms with van der Waals surface area (Å²) in [6, 6.07) is 28.6. The molecule has 4 heteroatoms. The Balaban J connectivity index is 1.85. The summed E-state index contributed by atoms with van der Waals surface area (Å²) in [4.78, 5) is 4.25. The van der Waals surface area contributed by atoms with Crippen molar-refractivity contribution in [2.45, 2.75) is 44.8 Å². The minimum absolute atomic E-state index is 0.378. The molecule has 1 atom stereocenters. The molecule has 0 aliphatic carbocycles. The van der Waals surface area contributed by atoms with E-state index in [-0.39, 0.29) is 5.54 Å². The third kappa shape index (κ3) is 5.35. The first-order chi connectivity index (χ1) is 16.2. The summed E-state index contributed by atoms with van der Waals surface area (Å²) in [6.07, 6.45) is 9.99. The van der Waals surface area contributed by atoms with Gasteiger partial charge in [-0.2, -0.15) is 0 Å². The highest BCUT2D eigenvalue weighted by molar-refractivity contribution is 5.48. The van der Waals surface area contributed by atoms with Crippen LogP contribution in [0.1, 0.15) is 42.0 Å². The number of aryl methyl sites for hydroxylation is 1. The summed E-state index contributed by atoms with van der Waals surface area (Å²) in [7, 11) is 1.96. The molecule has 1 unspecified atom stereocenters. The van der Waals surface area contributed by atoms with Gasteiger partial charge in [0.1, 0.15) is 0 Å². The van der Waals surface area contributed by atoms with Crippen LogP contribution in [0.5, 0.6) is 0 Å². The van der Waals surface area contributed by atoms with Crippen LogP contribution in [0.25, 0.3) is 0 Å². The van der Waals surface area contributed by atoms with Gasteiger partial charge in [-0.25, -0.2) is 4.98 Å². The van der Waals surface area contributed by atoms with E-state index in [4.69, 9.17) is 0 Å². The van der Waals surface area contributed by atoms with E-state index in [9.17, 15) is 0 Å². The fourth-order valence-electron chi connectivity index (χ4n) is 4.56. The second kappa shape index (κ2) is 11.0. The summed E-state index contributed by atoms with van der Waals surface area (Å²) < 4.78 is 2.09. The molecule has 4 nitrogen and oxygen atoms in total. The van der Waals surface area contributed by atoms with Crippen molar-refractivity contribution < 1.29 is 0 Å². The monoisotopic (exact) mass is 438 g/mol. The van der Waals surface area contributed by atoms with Gasteiger partial charge in [0, 0.05) is 25.1 Å². The maximum atomic E-state index is 4.25. The highest BCUT2D eigenvalue weighted by atomic mass is 15.2. The van der Waals surface area contributed by atoms with Gasteiger partial charge in [-0.3, -0.25) is 5.32 Å². The summed E-state index contributed by atoms with van der Waals surface area (Å²) >= 11 is 0. The predicted octanol–water partition coefficient (Wildman–Crippen LogP) is 6.00. The summed E-state index contributed by atoms with van der Waals surface area (Å²) in [5, 5.41) is 7.20. The molecule has 4 aromatic rings. The highest BCUT2D eigenvalue weighted by Gasteiger charge is 2.35. The van der Waals surface area contributed by atoms with Crippen molar-refractivity contribution >= 4 is 5.69 Å². The molecule has 0 aliphatic heterocycles. The minimum Gasteiger partial charge on any atom is -0.388 e. The van der Waals surface area contributed by atoms with Crippen LogP contribution in [-0.4, -0.2) is 16.6 Å². The number of hydrogen-bond donors (Lipinski definition) is 2. The fourth-order valence-corrected chi connectivity index (χ4v) is 4.56. The van der Waals surface area contributed by atoms with E-state index >= 15 is 0 Å². The van der Waals surface area contributed by atoms with Crippen LogP contribution in [0.3, 0.4) is 0 Å². The maximum absolute atomic E-state index is 4.25. The molecule has 0 aliphatic rings. The quantitative estimate of drug-likeness (QED) is 0.302. The maximum Gasteiger partial charge on any atom is 0.0956 e. The zero-order valence-corrected chi connectivity index (χ0v) is 19.7. The molecule has 1 aromatic heterocycles. The van der Waals surface area contributed by atoms with Crippen LogP contribution in [-0.2, 0) is 25.0 Å². The standard InChI is InChI=1S/C29H34N4/c1-3-4-10-25-11-8-9-14-28(25)29(26-12-6-5-7-13-26,32-23-33-20-19-31-22-33)21-24-15-17-27(30-2)18-16-24/h5-9,11-20,22,30,32H,3-4,10,21,23H2,1-2H3. The van der Waals surface area contributed by atoms with Gasteiger partial charge in [-0.15, -0.1) is 0 Å². The van der Waals surface area contributed by atoms with Crippen molar-refractivity contribution in [1.82, 2.24) is 14.9 Å². The molecule has 4 rings (SSSR count). The number of unbranched alkanes of at least 4 members (excludes halogenated alkanes) is 1. The van der Waals surface area contributed by atoms with Crippen molar-refractivity contribution in [1.29, 1.82) is 0 Å². The molecule has 0 amide bonds. The number of rotatable bonds is 11. The smallest absolute Gasteiger partial charge is 0.0956 e. The number of hydrogen-bond acceptors (Lipinski definition) is 3. The largest absolute Gasteiger partial charge is 0.388 e. The van der Waals surface area contributed by atoms with E-state index in [0.717, 1.165) is 18.5 Å². The van der Waals surface area contributed by atoms with Crippen LogP contribution in [0.2, 0.25) is 0 Å². The zero-order valence-electron chi connectivity index (χ0n) is 19.7. The first-order valence-corrected chi connectivity index (χ1v) is 11.9. The lowest BCUT2D eigenvalue weighted by Gasteiger charge is -2.38. The summed E-state index contributed by atoms with van der Waals surface area (Å²) in [5.41, 5.74) is 6.07. The SMILES string of the molecule is CCCCc1ccccc1C(Cc1ccc(NC)cc1)(NCn1ccnc1)c1ccccc1. The molecule has 0 bridgehead atoms. The molecule has 0 fully saturated rings. The third-order valence-corrected chi connectivity index (χ3v) is 6.38. The number of aromatic nitrogens is 2. The lowest BCUT2D eigenvalue weighted by Crippen LogP contribution is -2.46. The molecule has 0 saturated carbocycles. The molecule has 2 N–H and O–H groups in total. The molecule has 170 valence electrons. The molecular weight excluding hydrogens is 404 g/mol. The first-order valence-electron chi connectivity index (χ1n) is 11.9. The van der Waals surface area contributed by atoms with Gasteiger partial charge in [0.05, 0.1) is 18.5 Å². The summed E-state index contributed by atoms with van der Waals surface area (Å²) in [6.45, 7) is 2.93. The van der Waals surface area contributed by atoms with E-state index in [1.165, 1.54) is 35.1 Å². The Bertz CT molecular complexity index is 1100. The van der Waals surface area contributed by atoms with Crippen LogP contribution in [0.15, 0.2) is 97.6 Å². The van der Waals surface area contributed by atoms with E-state index in [0.29, 0.717) is 6.67 Å². The molecule has 33 heavy (non-hydrogen) atoms. The van der Waals surface area contributed by atoms with Crippen molar-refractivity contribution in [3.8, 4) is 0 Å². The molecule has 0 radical (unpaired) electrons. The van der Waals surface area contributed by atoms with Gasteiger partial charge in [0.2, 0.25) is 0 Å². The lowest BCUT2D eigenvalue weighted by molar-refractivity contribution is 0.353. The lowest BCUT2D eigenvalue weighted by atomic mass is 9.75. The molecular formula is C29H34N4. The third-order valence-electron chi connectivity index (χ3n) is 6.38. The second-order valence-corrected chi connectivity index (χ2v) is 8.57. The van der Waals surface area contributed by atoms with Crippen molar-refractivity contribution in [2.24, 2.45) is 0 Å². The molecule has 0 spiro atoms. The van der Waals surface area contributed by atoms with E-state index in [2.05, 4.69) is 106 Å². The Morgan fingerprint density at radius 3 is 2.36 bits per heavy atom. The zero-order chi connectivity index (χ0) is 22.9. The van der Waals surface area contributed by atoms with E-state index < -0.39 is 0 Å². The average molecular weight is 439 g/mol. The highest BCUT2D eigenvalue weighted by Crippen LogP contribution is 2.36. The Morgan fingerprint density at radius 1 is 0.909 bits per heavy atom. The van der Waals surface area contributed by atoms with Gasteiger partial charge >= 0.3 is 0 Å². The van der Waals surface area contributed by atoms with Gasteiger partial charge in [0.15, 0.2) is 0 Å². The topological polar surface area (TPSA) is 41.9 Å². The van der Waals surface area contributed by atoms with Crippen molar-refractivity contribution in [3.05, 3.63) is 120 Å². The number of anilines is 1. The van der Waals surface area contributed by atoms with Crippen LogP contribution in [0, 0.1) is 0 Å². The normalized spacial score (nSPS) is 12.9. The van der Waals surface area contributed by atoms with Crippen LogP contribution in [0.4, 0.5) is 5.69 Å². The van der Waals surface area contributed by atoms with Crippen molar-refractivity contribution in [3.63, 3.8) is 0 Å². The first kappa shape index (κ1) is 22.8. The molecule has 1 heterocycles. The summed E-state index contributed by atoms with van der Waals surface area (Å²) in [5.74, 6) is 0. The van der Waals surface area contributed by atoms with Crippen LogP contribution < -0.4 is 10.6 Å². The van der Waals surface area contributed by atoms with E-state index in [1.807, 2.05) is 25.8 Å². The van der Waals surface area contributed by atoms with Crippen molar-refractivity contribution in [2.75, 3.05) is 12.4 Å². The Kier molecular flexibility index (Phi) is 7.59. The molecule has 0 saturated heterocycles. The van der Waals surface area contributed by atoms with Gasteiger partial charge in [0.25, 0.3) is 0 Å². The predicted molar refractivity (Wildman–Crippen MR) is 137 cm³/mol. The number of nitrogens with zero attached hydrogens (tertiary/aromatic N) is 2. The fraction of sp³-hybridized carbons (Fsp3) is 0.276. The Morgan fingerprint density at radius 2 is 1.67 bits per heavy atom. The number of benzene rings is 3. The second-order valence-electron chi connectivity index (χ2n) is 8.57. The Hall–Kier alpha value is -3.37. The van der Waals surface area contributed by atoms with Gasteiger partial charge < -0.3 is 9.88 Å². The van der Waals surface area contributed by atoms with Gasteiger partial charge in [-0.05, 0) is 53.6 Å². The minimum atomic E-state index is -0.378. The number of nitrogens with one attached hydrogen (secondary N) is 2. The Labute approximate surface area is 197 Å². The molecule has 3 aromatic carbocycles. The van der Waals surface area contributed by atoms with E-state index in [1.54, 1.807) is 0 Å². The number of imidazole rings is 1. The van der Waals surface area contributed by atoms with Crippen LogP contribution >= 0.6 is 0 Å².